The normalized spacial score (nSPS) is 15.0. The van der Waals surface area contributed by atoms with E-state index in [4.69, 9.17) is 37.1 Å². The lowest BCUT2D eigenvalue weighted by Crippen LogP contribution is -2.30. The maximum absolute atomic E-state index is 6.01. The third kappa shape index (κ3) is 8.48. The van der Waals surface area contributed by atoms with Crippen molar-refractivity contribution in [1.82, 2.24) is 0 Å². The summed E-state index contributed by atoms with van der Waals surface area (Å²) >= 11 is 12.0. The maximum atomic E-state index is 6.01. The minimum absolute atomic E-state index is 0.231. The second-order valence-electron chi connectivity index (χ2n) is 3.19. The summed E-state index contributed by atoms with van der Waals surface area (Å²) in [7, 11) is 0.646. The molecule has 0 aromatic heterocycles. The van der Waals surface area contributed by atoms with Crippen molar-refractivity contribution >= 4 is 33.0 Å². The van der Waals surface area contributed by atoms with Gasteiger partial charge in [-0.1, -0.05) is 6.92 Å². The zero-order valence-corrected chi connectivity index (χ0v) is 12.5. The van der Waals surface area contributed by atoms with Crippen molar-refractivity contribution in [3.63, 3.8) is 0 Å². The van der Waals surface area contributed by atoms with E-state index < -0.39 is 13.7 Å². The minimum atomic E-state index is -1.01. The number of methoxy groups -OCH3 is 1. The first kappa shape index (κ1) is 15.7. The molecule has 0 aliphatic heterocycles. The molecule has 0 saturated heterocycles. The summed E-state index contributed by atoms with van der Waals surface area (Å²) < 4.78 is 15.3. The SMILES string of the molecule is CCOC(CCOC)O[SiH2]C(Cl)(Cl)CC. The van der Waals surface area contributed by atoms with Crippen molar-refractivity contribution in [3.05, 3.63) is 0 Å². The Morgan fingerprint density at radius 3 is 2.47 bits per heavy atom. The fourth-order valence-corrected chi connectivity index (χ4v) is 2.21. The average molecular weight is 275 g/mol. The molecule has 0 rings (SSSR count). The van der Waals surface area contributed by atoms with Crippen LogP contribution in [0.5, 0.6) is 0 Å². The fourth-order valence-electron chi connectivity index (χ4n) is 0.932. The number of hydrogen-bond donors (Lipinski definition) is 0. The van der Waals surface area contributed by atoms with Crippen LogP contribution in [-0.4, -0.2) is 40.3 Å². The number of halogens is 2. The zero-order chi connectivity index (χ0) is 11.7. The van der Waals surface area contributed by atoms with Gasteiger partial charge < -0.3 is 13.9 Å². The summed E-state index contributed by atoms with van der Waals surface area (Å²) in [5, 5.41) is 0. The van der Waals surface area contributed by atoms with E-state index in [1.807, 2.05) is 13.8 Å². The molecule has 0 N–H and O–H groups in total. The van der Waals surface area contributed by atoms with Gasteiger partial charge in [0.15, 0.2) is 0 Å². The smallest absolute Gasteiger partial charge is 0.202 e. The number of rotatable bonds is 9. The van der Waals surface area contributed by atoms with E-state index in [1.165, 1.54) is 0 Å². The standard InChI is InChI=1S/C9H20Cl2O3Si/c1-4-9(10,11)15-14-8(13-5-2)6-7-12-3/h8H,4-7,15H2,1-3H3. The van der Waals surface area contributed by atoms with Gasteiger partial charge in [-0.15, -0.1) is 23.2 Å². The van der Waals surface area contributed by atoms with Gasteiger partial charge in [-0.3, -0.25) is 0 Å². The molecule has 0 bridgehead atoms. The van der Waals surface area contributed by atoms with Crippen LogP contribution in [-0.2, 0) is 13.9 Å². The molecule has 0 heterocycles. The van der Waals surface area contributed by atoms with Gasteiger partial charge in [0, 0.05) is 20.1 Å². The van der Waals surface area contributed by atoms with Crippen LogP contribution in [0.4, 0.5) is 0 Å². The molecular formula is C9H20Cl2O3Si. The van der Waals surface area contributed by atoms with E-state index >= 15 is 0 Å². The predicted molar refractivity (Wildman–Crippen MR) is 66.3 cm³/mol. The van der Waals surface area contributed by atoms with Crippen molar-refractivity contribution in [2.75, 3.05) is 20.3 Å². The quantitative estimate of drug-likeness (QED) is 0.366. The Bertz CT molecular complexity index is 158. The summed E-state index contributed by atoms with van der Waals surface area (Å²) in [6.07, 6.45) is 1.18. The lowest BCUT2D eigenvalue weighted by molar-refractivity contribution is -0.0885. The van der Waals surface area contributed by atoms with E-state index in [2.05, 4.69) is 0 Å². The first-order valence-corrected chi connectivity index (χ1v) is 7.19. The highest BCUT2D eigenvalue weighted by atomic mass is 35.5. The van der Waals surface area contributed by atoms with Crippen molar-refractivity contribution in [1.29, 1.82) is 0 Å². The molecule has 92 valence electrons. The summed E-state index contributed by atoms with van der Waals surface area (Å²) in [5.74, 6) is 0. The maximum Gasteiger partial charge on any atom is 0.202 e. The van der Waals surface area contributed by atoms with Gasteiger partial charge in [0.25, 0.3) is 0 Å². The van der Waals surface area contributed by atoms with Crippen molar-refractivity contribution in [2.45, 2.75) is 36.9 Å². The van der Waals surface area contributed by atoms with E-state index in [0.29, 0.717) is 26.1 Å². The molecule has 15 heavy (non-hydrogen) atoms. The van der Waals surface area contributed by atoms with Crippen LogP contribution in [0, 0.1) is 0 Å². The highest BCUT2D eigenvalue weighted by Crippen LogP contribution is 2.24. The van der Waals surface area contributed by atoms with Crippen molar-refractivity contribution in [2.24, 2.45) is 0 Å². The number of hydrogen-bond acceptors (Lipinski definition) is 3. The molecule has 1 atom stereocenters. The average Bonchev–Trinajstić information content (AvgIpc) is 2.22. The molecule has 0 radical (unpaired) electrons. The second kappa shape index (κ2) is 8.79. The molecule has 0 amide bonds. The van der Waals surface area contributed by atoms with Crippen LogP contribution in [0.2, 0.25) is 0 Å². The second-order valence-corrected chi connectivity index (χ2v) is 7.55. The lowest BCUT2D eigenvalue weighted by atomic mass is 10.4. The molecule has 0 aliphatic rings. The monoisotopic (exact) mass is 274 g/mol. The lowest BCUT2D eigenvalue weighted by Gasteiger charge is -2.22. The highest BCUT2D eigenvalue weighted by molar-refractivity contribution is 6.70. The number of ether oxygens (including phenoxy) is 2. The Hall–Kier alpha value is 0.677. The third-order valence-electron chi connectivity index (χ3n) is 1.91. The van der Waals surface area contributed by atoms with Gasteiger partial charge in [-0.2, -0.15) is 0 Å². The topological polar surface area (TPSA) is 27.7 Å². The molecule has 0 aromatic rings. The summed E-state index contributed by atoms with van der Waals surface area (Å²) in [6, 6.07) is 0. The third-order valence-corrected chi connectivity index (χ3v) is 4.56. The van der Waals surface area contributed by atoms with Crippen LogP contribution in [0.15, 0.2) is 0 Å². The van der Waals surface area contributed by atoms with Gasteiger partial charge in [0.1, 0.15) is 10.2 Å². The Balaban J connectivity index is 3.83. The first-order valence-electron chi connectivity index (χ1n) is 5.15. The molecule has 3 nitrogen and oxygen atoms in total. The molecule has 1 unspecified atom stereocenters. The molecule has 0 aliphatic carbocycles. The summed E-state index contributed by atoms with van der Waals surface area (Å²) in [4.78, 5) is 0. The summed E-state index contributed by atoms with van der Waals surface area (Å²) in [6.45, 7) is 5.11. The van der Waals surface area contributed by atoms with Gasteiger partial charge in [-0.25, -0.2) is 0 Å². The molecular weight excluding hydrogens is 255 g/mol. The first-order chi connectivity index (χ1) is 7.05. The molecule has 6 heteroatoms. The number of alkyl halides is 2. The Morgan fingerprint density at radius 2 is 2.00 bits per heavy atom. The van der Waals surface area contributed by atoms with Gasteiger partial charge in [0.05, 0.1) is 6.61 Å². The Morgan fingerprint density at radius 1 is 1.33 bits per heavy atom. The zero-order valence-electron chi connectivity index (χ0n) is 9.59. The largest absolute Gasteiger partial charge is 0.396 e. The van der Waals surface area contributed by atoms with E-state index in [-0.39, 0.29) is 6.29 Å². The fraction of sp³-hybridized carbons (Fsp3) is 1.00. The Kier molecular flexibility index (Phi) is 9.18. The van der Waals surface area contributed by atoms with Crippen LogP contribution in [0.25, 0.3) is 0 Å². The van der Waals surface area contributed by atoms with Gasteiger partial charge in [0.2, 0.25) is 9.76 Å². The van der Waals surface area contributed by atoms with Crippen LogP contribution in [0.3, 0.4) is 0 Å². The molecule has 0 saturated carbocycles. The van der Waals surface area contributed by atoms with Gasteiger partial charge in [-0.05, 0) is 13.3 Å². The van der Waals surface area contributed by atoms with Crippen molar-refractivity contribution in [3.8, 4) is 0 Å². The van der Waals surface area contributed by atoms with Crippen LogP contribution < -0.4 is 0 Å². The van der Waals surface area contributed by atoms with E-state index in [1.54, 1.807) is 7.11 Å². The van der Waals surface area contributed by atoms with E-state index in [0.717, 1.165) is 0 Å². The van der Waals surface area contributed by atoms with Crippen LogP contribution >= 0.6 is 23.2 Å². The minimum Gasteiger partial charge on any atom is -0.396 e. The Labute approximate surface area is 104 Å². The summed E-state index contributed by atoms with van der Waals surface area (Å²) in [5.41, 5.74) is 0. The van der Waals surface area contributed by atoms with E-state index in [9.17, 15) is 0 Å². The van der Waals surface area contributed by atoms with Crippen molar-refractivity contribution < 1.29 is 13.9 Å². The molecule has 0 aromatic carbocycles. The molecule has 0 fully saturated rings. The van der Waals surface area contributed by atoms with Crippen LogP contribution in [0.1, 0.15) is 26.7 Å². The van der Waals surface area contributed by atoms with Gasteiger partial charge >= 0.3 is 0 Å². The predicted octanol–water partition coefficient (Wildman–Crippen LogP) is 2.03. The highest BCUT2D eigenvalue weighted by Gasteiger charge is 2.24. The molecule has 0 spiro atoms.